The van der Waals surface area contributed by atoms with Gasteiger partial charge in [-0.15, -0.1) is 0 Å². The Bertz CT molecular complexity index is 400. The van der Waals surface area contributed by atoms with E-state index in [4.69, 9.17) is 9.76 Å². The second-order valence-corrected chi connectivity index (χ2v) is 3.91. The first-order chi connectivity index (χ1) is 8.52. The van der Waals surface area contributed by atoms with Crippen molar-refractivity contribution >= 4 is 13.0 Å². The molecule has 0 bridgehead atoms. The predicted molar refractivity (Wildman–Crippen MR) is 67.5 cm³/mol. The third kappa shape index (κ3) is 4.73. The van der Waals surface area contributed by atoms with Gasteiger partial charge in [-0.05, 0) is 19.8 Å². The molecule has 0 fully saturated rings. The Balaban J connectivity index is 2.55. The third-order valence-electron chi connectivity index (χ3n) is 2.13. The molecule has 0 saturated carbocycles. The average Bonchev–Trinajstić information content (AvgIpc) is 2.35. The van der Waals surface area contributed by atoms with Crippen molar-refractivity contribution in [1.29, 1.82) is 0 Å². The number of methoxy groups -OCH3 is 1. The highest BCUT2D eigenvalue weighted by atomic mass is 16.5. The lowest BCUT2D eigenvalue weighted by molar-refractivity contribution is 0.0592. The van der Waals surface area contributed by atoms with Gasteiger partial charge in [0.2, 0.25) is 5.88 Å². The summed E-state index contributed by atoms with van der Waals surface area (Å²) in [5.74, 6) is -0.159. The summed E-state index contributed by atoms with van der Waals surface area (Å²) < 4.78 is 9.98. The molecule has 1 aromatic rings. The lowest BCUT2D eigenvalue weighted by Crippen LogP contribution is -2.41. The fourth-order valence-corrected chi connectivity index (χ4v) is 1.38. The summed E-state index contributed by atoms with van der Waals surface area (Å²) in [7, 11) is 0.699. The normalized spacial score (nSPS) is 11.8. The molecule has 0 aliphatic rings. The van der Waals surface area contributed by atoms with Gasteiger partial charge >= 0.3 is 13.0 Å². The van der Waals surface area contributed by atoms with Crippen LogP contribution < -0.4 is 9.96 Å². The molecule has 0 aliphatic carbocycles. The molecular formula is C11H17BN2O4. The summed E-state index contributed by atoms with van der Waals surface area (Å²) in [6.07, 6.45) is 0. The molecule has 7 heteroatoms. The highest BCUT2D eigenvalue weighted by molar-refractivity contribution is 6.45. The fourth-order valence-electron chi connectivity index (χ4n) is 1.38. The van der Waals surface area contributed by atoms with Gasteiger partial charge in [0.25, 0.3) is 0 Å². The van der Waals surface area contributed by atoms with Gasteiger partial charge in [-0.25, -0.2) is 9.78 Å². The van der Waals surface area contributed by atoms with E-state index in [2.05, 4.69) is 14.9 Å². The standard InChI is InChI=1S/C11H17BN2O4/c1-8(14-12(2)16)7-18-10-6-4-5-9(13-10)11(15)17-3/h4-6,8,14,16H,7H2,1-3H3. The van der Waals surface area contributed by atoms with Crippen LogP contribution in [0.3, 0.4) is 0 Å². The van der Waals surface area contributed by atoms with E-state index < -0.39 is 13.0 Å². The Kier molecular flexibility index (Phi) is 5.61. The van der Waals surface area contributed by atoms with Crippen molar-refractivity contribution in [2.75, 3.05) is 13.7 Å². The largest absolute Gasteiger partial charge is 0.476 e. The minimum absolute atomic E-state index is 0.0337. The van der Waals surface area contributed by atoms with Gasteiger partial charge in [-0.1, -0.05) is 6.07 Å². The monoisotopic (exact) mass is 252 g/mol. The molecule has 0 radical (unpaired) electrons. The van der Waals surface area contributed by atoms with Crippen molar-refractivity contribution in [2.24, 2.45) is 0 Å². The third-order valence-corrected chi connectivity index (χ3v) is 2.13. The highest BCUT2D eigenvalue weighted by Crippen LogP contribution is 2.08. The number of esters is 1. The molecule has 0 amide bonds. The zero-order valence-electron chi connectivity index (χ0n) is 10.7. The minimum Gasteiger partial charge on any atom is -0.476 e. The number of nitrogens with one attached hydrogen (secondary N) is 1. The van der Waals surface area contributed by atoms with Crippen molar-refractivity contribution in [3.8, 4) is 5.88 Å². The molecule has 6 nitrogen and oxygen atoms in total. The van der Waals surface area contributed by atoms with E-state index in [1.807, 2.05) is 6.92 Å². The maximum atomic E-state index is 11.3. The second-order valence-electron chi connectivity index (χ2n) is 3.91. The van der Waals surface area contributed by atoms with Crippen LogP contribution in [0.15, 0.2) is 18.2 Å². The van der Waals surface area contributed by atoms with E-state index in [0.717, 1.165) is 0 Å². The number of aromatic nitrogens is 1. The molecule has 18 heavy (non-hydrogen) atoms. The van der Waals surface area contributed by atoms with E-state index in [9.17, 15) is 4.79 Å². The number of carbonyl (C=O) groups is 1. The van der Waals surface area contributed by atoms with Crippen LogP contribution in [0.4, 0.5) is 0 Å². The summed E-state index contributed by atoms with van der Waals surface area (Å²) in [4.78, 5) is 15.3. The van der Waals surface area contributed by atoms with E-state index in [1.165, 1.54) is 7.11 Å². The van der Waals surface area contributed by atoms with Crippen LogP contribution in [-0.4, -0.2) is 42.8 Å². The minimum atomic E-state index is -0.599. The van der Waals surface area contributed by atoms with E-state index in [1.54, 1.807) is 25.0 Å². The molecule has 0 aromatic carbocycles. The Morgan fingerprint density at radius 3 is 2.94 bits per heavy atom. The van der Waals surface area contributed by atoms with Gasteiger partial charge in [0, 0.05) is 12.1 Å². The van der Waals surface area contributed by atoms with Crippen molar-refractivity contribution in [3.05, 3.63) is 23.9 Å². The maximum Gasteiger partial charge on any atom is 0.373 e. The Hall–Kier alpha value is -1.60. The number of pyridine rings is 1. The fraction of sp³-hybridized carbons (Fsp3) is 0.455. The summed E-state index contributed by atoms with van der Waals surface area (Å²) in [6.45, 7) is 3.84. The Morgan fingerprint density at radius 1 is 1.61 bits per heavy atom. The topological polar surface area (TPSA) is 80.7 Å². The van der Waals surface area contributed by atoms with Crippen LogP contribution >= 0.6 is 0 Å². The first-order valence-corrected chi connectivity index (χ1v) is 5.65. The number of hydrogen-bond acceptors (Lipinski definition) is 6. The van der Waals surface area contributed by atoms with Gasteiger partial charge < -0.3 is 19.7 Å². The molecule has 0 spiro atoms. The van der Waals surface area contributed by atoms with Crippen LogP contribution in [0.25, 0.3) is 0 Å². The molecule has 1 atom stereocenters. The van der Waals surface area contributed by atoms with Gasteiger partial charge in [0.15, 0.2) is 5.69 Å². The van der Waals surface area contributed by atoms with Crippen molar-refractivity contribution in [2.45, 2.75) is 19.8 Å². The number of carbonyl (C=O) groups excluding carboxylic acids is 1. The molecule has 1 unspecified atom stereocenters. The molecule has 1 aromatic heterocycles. The van der Waals surface area contributed by atoms with E-state index in [0.29, 0.717) is 12.5 Å². The highest BCUT2D eigenvalue weighted by Gasteiger charge is 2.11. The first kappa shape index (κ1) is 14.5. The molecule has 0 aliphatic heterocycles. The summed E-state index contributed by atoms with van der Waals surface area (Å²) in [5.41, 5.74) is 0.200. The summed E-state index contributed by atoms with van der Waals surface area (Å²) in [5, 5.41) is 12.0. The number of rotatable bonds is 6. The molecular weight excluding hydrogens is 235 g/mol. The van der Waals surface area contributed by atoms with Gasteiger partial charge in [-0.3, -0.25) is 0 Å². The SMILES string of the molecule is COC(=O)c1cccc(OCC(C)NB(C)O)n1. The number of hydrogen-bond donors (Lipinski definition) is 2. The van der Waals surface area contributed by atoms with Crippen LogP contribution in [-0.2, 0) is 4.74 Å². The van der Waals surface area contributed by atoms with E-state index in [-0.39, 0.29) is 11.7 Å². The smallest absolute Gasteiger partial charge is 0.373 e. The van der Waals surface area contributed by atoms with Crippen molar-refractivity contribution in [3.63, 3.8) is 0 Å². The number of nitrogens with zero attached hydrogens (tertiary/aromatic N) is 1. The molecule has 1 rings (SSSR count). The molecule has 2 N–H and O–H groups in total. The number of ether oxygens (including phenoxy) is 2. The van der Waals surface area contributed by atoms with Crippen LogP contribution in [0.1, 0.15) is 17.4 Å². The summed E-state index contributed by atoms with van der Waals surface area (Å²) in [6, 6.07) is 4.84. The van der Waals surface area contributed by atoms with Crippen LogP contribution in [0.2, 0.25) is 6.82 Å². The molecule has 0 saturated heterocycles. The predicted octanol–water partition coefficient (Wildman–Crippen LogP) is 0.335. The van der Waals surface area contributed by atoms with Gasteiger partial charge in [-0.2, -0.15) is 0 Å². The molecule has 98 valence electrons. The Labute approximate surface area is 106 Å². The summed E-state index contributed by atoms with van der Waals surface area (Å²) >= 11 is 0. The maximum absolute atomic E-state index is 11.3. The van der Waals surface area contributed by atoms with E-state index >= 15 is 0 Å². The van der Waals surface area contributed by atoms with Crippen molar-refractivity contribution in [1.82, 2.24) is 10.2 Å². The van der Waals surface area contributed by atoms with Crippen molar-refractivity contribution < 1.29 is 19.3 Å². The zero-order chi connectivity index (χ0) is 13.5. The first-order valence-electron chi connectivity index (χ1n) is 5.65. The quantitative estimate of drug-likeness (QED) is 0.561. The van der Waals surface area contributed by atoms with Gasteiger partial charge in [0.1, 0.15) is 6.61 Å². The second kappa shape index (κ2) is 6.98. The zero-order valence-corrected chi connectivity index (χ0v) is 10.7. The lowest BCUT2D eigenvalue weighted by Gasteiger charge is -2.14. The molecule has 1 heterocycles. The van der Waals surface area contributed by atoms with Crippen LogP contribution in [0.5, 0.6) is 5.88 Å². The Morgan fingerprint density at radius 2 is 2.33 bits per heavy atom. The van der Waals surface area contributed by atoms with Crippen LogP contribution in [0, 0.1) is 0 Å². The lowest BCUT2D eigenvalue weighted by atomic mass is 9.88. The van der Waals surface area contributed by atoms with Gasteiger partial charge in [0.05, 0.1) is 7.11 Å². The average molecular weight is 252 g/mol.